The smallest absolute Gasteiger partial charge is 0.332 e. The summed E-state index contributed by atoms with van der Waals surface area (Å²) in [4.78, 5) is 18.4. The first kappa shape index (κ1) is 12.5. The van der Waals surface area contributed by atoms with Crippen molar-refractivity contribution in [2.75, 3.05) is 24.0 Å². The Balaban J connectivity index is 2.34. The van der Waals surface area contributed by atoms with E-state index < -0.39 is 4.92 Å². The molecule has 0 radical (unpaired) electrons. The summed E-state index contributed by atoms with van der Waals surface area (Å²) >= 11 is 0. The molecule has 1 saturated heterocycles. The summed E-state index contributed by atoms with van der Waals surface area (Å²) in [5.74, 6) is 5.53. The highest BCUT2D eigenvalue weighted by Gasteiger charge is 2.25. The molecule has 2 heterocycles. The van der Waals surface area contributed by atoms with E-state index in [0.717, 1.165) is 6.42 Å². The largest absolute Gasteiger partial charge is 0.379 e. The zero-order valence-electron chi connectivity index (χ0n) is 9.84. The van der Waals surface area contributed by atoms with Gasteiger partial charge in [0.2, 0.25) is 11.8 Å². The Labute approximate surface area is 103 Å². The van der Waals surface area contributed by atoms with Gasteiger partial charge in [0.05, 0.1) is 17.6 Å². The molecule has 0 bridgehead atoms. The summed E-state index contributed by atoms with van der Waals surface area (Å²) in [5, 5.41) is 14.0. The number of hydrogen-bond donors (Lipinski definition) is 3. The number of rotatable bonds is 4. The Morgan fingerprint density at radius 1 is 1.56 bits per heavy atom. The number of aromatic nitrogens is 2. The SMILES string of the molecule is Cc1nc(NN)nc(NC2CCOC2)c1[N+](=O)[O-]. The van der Waals surface area contributed by atoms with Crippen molar-refractivity contribution >= 4 is 17.5 Å². The third-order valence-electron chi connectivity index (χ3n) is 2.64. The molecule has 1 atom stereocenters. The molecule has 2 rings (SSSR count). The molecule has 18 heavy (non-hydrogen) atoms. The third-order valence-corrected chi connectivity index (χ3v) is 2.64. The van der Waals surface area contributed by atoms with E-state index in [1.165, 1.54) is 6.92 Å². The molecule has 0 aliphatic carbocycles. The number of hydrogen-bond acceptors (Lipinski definition) is 8. The number of nitrogen functional groups attached to an aromatic ring is 1. The van der Waals surface area contributed by atoms with E-state index in [0.29, 0.717) is 13.2 Å². The van der Waals surface area contributed by atoms with Crippen LogP contribution in [0.3, 0.4) is 0 Å². The molecule has 98 valence electrons. The van der Waals surface area contributed by atoms with Crippen LogP contribution >= 0.6 is 0 Å². The normalized spacial score (nSPS) is 18.7. The molecule has 1 aromatic rings. The Bertz CT molecular complexity index is 460. The summed E-state index contributed by atoms with van der Waals surface area (Å²) in [6.45, 7) is 2.68. The molecular weight excluding hydrogens is 240 g/mol. The van der Waals surface area contributed by atoms with Crippen LogP contribution < -0.4 is 16.6 Å². The lowest BCUT2D eigenvalue weighted by Crippen LogP contribution is -2.22. The average Bonchev–Trinajstić information content (AvgIpc) is 2.80. The predicted octanol–water partition coefficient (Wildman–Crippen LogP) is 0.180. The summed E-state index contributed by atoms with van der Waals surface area (Å²) in [5.41, 5.74) is 2.40. The van der Waals surface area contributed by atoms with Gasteiger partial charge < -0.3 is 10.1 Å². The van der Waals surface area contributed by atoms with Gasteiger partial charge >= 0.3 is 5.69 Å². The first-order valence-corrected chi connectivity index (χ1v) is 5.45. The second-order valence-corrected chi connectivity index (χ2v) is 3.94. The number of anilines is 2. The van der Waals surface area contributed by atoms with Crippen LogP contribution in [0.1, 0.15) is 12.1 Å². The van der Waals surface area contributed by atoms with Gasteiger partial charge in [-0.25, -0.2) is 10.8 Å². The van der Waals surface area contributed by atoms with Crippen molar-refractivity contribution in [1.82, 2.24) is 9.97 Å². The molecule has 0 amide bonds. The van der Waals surface area contributed by atoms with E-state index in [1.54, 1.807) is 0 Å². The fourth-order valence-electron chi connectivity index (χ4n) is 1.79. The minimum Gasteiger partial charge on any atom is -0.379 e. The molecule has 0 aromatic carbocycles. The Morgan fingerprint density at radius 2 is 2.33 bits per heavy atom. The van der Waals surface area contributed by atoms with Crippen molar-refractivity contribution < 1.29 is 9.66 Å². The summed E-state index contributed by atoms with van der Waals surface area (Å²) in [7, 11) is 0. The van der Waals surface area contributed by atoms with Crippen LogP contribution in [0.5, 0.6) is 0 Å². The number of nitrogens with one attached hydrogen (secondary N) is 2. The summed E-state index contributed by atoms with van der Waals surface area (Å²) in [6, 6.07) is 0.0172. The maximum atomic E-state index is 11.0. The number of aryl methyl sites for hydroxylation is 1. The molecule has 0 spiro atoms. The lowest BCUT2D eigenvalue weighted by Gasteiger charge is -2.13. The standard InChI is InChI=1S/C9H14N6O3/c1-5-7(15(16)17)8(13-9(11-5)14-10)12-6-2-3-18-4-6/h6H,2-4,10H2,1H3,(H2,11,12,13,14). The van der Waals surface area contributed by atoms with Crippen molar-refractivity contribution in [3.8, 4) is 0 Å². The molecular formula is C9H14N6O3. The van der Waals surface area contributed by atoms with Gasteiger partial charge in [-0.1, -0.05) is 0 Å². The molecule has 1 aliphatic heterocycles. The van der Waals surface area contributed by atoms with Crippen molar-refractivity contribution in [2.24, 2.45) is 5.84 Å². The first-order chi connectivity index (χ1) is 8.61. The lowest BCUT2D eigenvalue weighted by atomic mass is 10.2. The predicted molar refractivity (Wildman–Crippen MR) is 64.1 cm³/mol. The number of nitrogens with zero attached hydrogens (tertiary/aromatic N) is 3. The molecule has 4 N–H and O–H groups in total. The topological polar surface area (TPSA) is 128 Å². The highest BCUT2D eigenvalue weighted by Crippen LogP contribution is 2.27. The maximum Gasteiger partial charge on any atom is 0.332 e. The molecule has 1 unspecified atom stereocenters. The number of ether oxygens (including phenoxy) is 1. The Kier molecular flexibility index (Phi) is 3.53. The number of nitro groups is 1. The highest BCUT2D eigenvalue weighted by molar-refractivity contribution is 5.61. The quantitative estimate of drug-likeness (QED) is 0.394. The van der Waals surface area contributed by atoms with E-state index in [-0.39, 0.29) is 29.2 Å². The van der Waals surface area contributed by atoms with Gasteiger partial charge in [-0.15, -0.1) is 0 Å². The molecule has 9 heteroatoms. The fraction of sp³-hybridized carbons (Fsp3) is 0.556. The lowest BCUT2D eigenvalue weighted by molar-refractivity contribution is -0.385. The molecule has 1 aliphatic rings. The zero-order valence-corrected chi connectivity index (χ0v) is 9.84. The first-order valence-electron chi connectivity index (χ1n) is 5.45. The second kappa shape index (κ2) is 5.10. The van der Waals surface area contributed by atoms with Crippen LogP contribution in [0, 0.1) is 17.0 Å². The second-order valence-electron chi connectivity index (χ2n) is 3.94. The van der Waals surface area contributed by atoms with E-state index in [2.05, 4.69) is 20.7 Å². The van der Waals surface area contributed by atoms with Crippen LogP contribution in [0.4, 0.5) is 17.5 Å². The minimum atomic E-state index is -0.506. The van der Waals surface area contributed by atoms with E-state index in [4.69, 9.17) is 10.6 Å². The summed E-state index contributed by atoms with van der Waals surface area (Å²) in [6.07, 6.45) is 0.783. The minimum absolute atomic E-state index is 0.0172. The number of hydrazine groups is 1. The molecule has 9 nitrogen and oxygen atoms in total. The van der Waals surface area contributed by atoms with Gasteiger partial charge in [-0.2, -0.15) is 4.98 Å². The van der Waals surface area contributed by atoms with Gasteiger partial charge in [0.15, 0.2) is 0 Å². The van der Waals surface area contributed by atoms with Crippen molar-refractivity contribution in [1.29, 1.82) is 0 Å². The van der Waals surface area contributed by atoms with Crippen molar-refractivity contribution in [3.05, 3.63) is 15.8 Å². The fourth-order valence-corrected chi connectivity index (χ4v) is 1.79. The Morgan fingerprint density at radius 3 is 2.89 bits per heavy atom. The van der Waals surface area contributed by atoms with Crippen LogP contribution in [0.25, 0.3) is 0 Å². The zero-order chi connectivity index (χ0) is 13.1. The van der Waals surface area contributed by atoms with E-state index in [9.17, 15) is 10.1 Å². The molecule has 1 aromatic heterocycles. The van der Waals surface area contributed by atoms with Crippen LogP contribution in [-0.4, -0.2) is 34.1 Å². The average molecular weight is 254 g/mol. The third kappa shape index (κ3) is 2.46. The van der Waals surface area contributed by atoms with Crippen LogP contribution in [0.15, 0.2) is 0 Å². The van der Waals surface area contributed by atoms with E-state index >= 15 is 0 Å². The van der Waals surface area contributed by atoms with Gasteiger partial charge in [-0.05, 0) is 13.3 Å². The molecule has 0 saturated carbocycles. The maximum absolute atomic E-state index is 11.0. The summed E-state index contributed by atoms with van der Waals surface area (Å²) < 4.78 is 5.20. The van der Waals surface area contributed by atoms with Gasteiger partial charge in [0.25, 0.3) is 0 Å². The van der Waals surface area contributed by atoms with Crippen molar-refractivity contribution in [2.45, 2.75) is 19.4 Å². The Hall–Kier alpha value is -2.00. The monoisotopic (exact) mass is 254 g/mol. The van der Waals surface area contributed by atoms with Gasteiger partial charge in [0, 0.05) is 6.61 Å². The highest BCUT2D eigenvalue weighted by atomic mass is 16.6. The molecule has 1 fully saturated rings. The van der Waals surface area contributed by atoms with Gasteiger partial charge in [0.1, 0.15) is 5.69 Å². The number of nitrogens with two attached hydrogens (primary N) is 1. The van der Waals surface area contributed by atoms with Crippen LogP contribution in [-0.2, 0) is 4.74 Å². The van der Waals surface area contributed by atoms with E-state index in [1.807, 2.05) is 0 Å². The van der Waals surface area contributed by atoms with Gasteiger partial charge in [-0.3, -0.25) is 15.5 Å². The van der Waals surface area contributed by atoms with Crippen molar-refractivity contribution in [3.63, 3.8) is 0 Å². The van der Waals surface area contributed by atoms with Crippen LogP contribution in [0.2, 0.25) is 0 Å².